The molecule has 1 aliphatic rings. The first-order valence-electron chi connectivity index (χ1n) is 9.67. The SMILES string of the molecule is CC(NC(=O)CN1CCN(CCOc2ccccc2)CC1)c1ccccc1. The molecule has 1 amide bonds. The zero-order valence-electron chi connectivity index (χ0n) is 16.0. The van der Waals surface area contributed by atoms with Crippen molar-refractivity contribution in [2.45, 2.75) is 13.0 Å². The van der Waals surface area contributed by atoms with E-state index in [0.29, 0.717) is 13.2 Å². The molecule has 5 nitrogen and oxygen atoms in total. The van der Waals surface area contributed by atoms with Crippen LogP contribution in [0, 0.1) is 0 Å². The molecule has 0 bridgehead atoms. The number of amides is 1. The molecule has 1 unspecified atom stereocenters. The Kier molecular flexibility index (Phi) is 7.25. The summed E-state index contributed by atoms with van der Waals surface area (Å²) in [4.78, 5) is 16.9. The number of piperazine rings is 1. The lowest BCUT2D eigenvalue weighted by atomic mass is 10.1. The zero-order valence-corrected chi connectivity index (χ0v) is 16.0. The fourth-order valence-electron chi connectivity index (χ4n) is 3.30. The van der Waals surface area contributed by atoms with Gasteiger partial charge >= 0.3 is 0 Å². The lowest BCUT2D eigenvalue weighted by molar-refractivity contribution is -0.123. The molecule has 0 saturated carbocycles. The highest BCUT2D eigenvalue weighted by atomic mass is 16.5. The fraction of sp³-hybridized carbons (Fsp3) is 0.409. The van der Waals surface area contributed by atoms with Gasteiger partial charge in [-0.1, -0.05) is 48.5 Å². The van der Waals surface area contributed by atoms with Gasteiger partial charge in [0.1, 0.15) is 12.4 Å². The first-order chi connectivity index (χ1) is 13.2. The Bertz CT molecular complexity index is 685. The molecule has 2 aromatic rings. The van der Waals surface area contributed by atoms with Crippen LogP contribution in [0.5, 0.6) is 5.75 Å². The van der Waals surface area contributed by atoms with Crippen LogP contribution in [0.1, 0.15) is 18.5 Å². The van der Waals surface area contributed by atoms with Gasteiger partial charge in [0.15, 0.2) is 0 Å². The molecule has 0 aromatic heterocycles. The molecule has 1 aliphatic heterocycles. The molecule has 1 heterocycles. The van der Waals surface area contributed by atoms with E-state index in [2.05, 4.69) is 15.1 Å². The van der Waals surface area contributed by atoms with Gasteiger partial charge in [0.25, 0.3) is 0 Å². The topological polar surface area (TPSA) is 44.8 Å². The Morgan fingerprint density at radius 2 is 1.56 bits per heavy atom. The molecular formula is C22H29N3O2. The number of hydrogen-bond acceptors (Lipinski definition) is 4. The van der Waals surface area contributed by atoms with Crippen LogP contribution in [0.2, 0.25) is 0 Å². The Hall–Kier alpha value is -2.37. The summed E-state index contributed by atoms with van der Waals surface area (Å²) in [6.07, 6.45) is 0. The van der Waals surface area contributed by atoms with Gasteiger partial charge in [-0.25, -0.2) is 0 Å². The van der Waals surface area contributed by atoms with E-state index in [1.807, 2.05) is 67.6 Å². The van der Waals surface area contributed by atoms with Gasteiger partial charge < -0.3 is 10.1 Å². The van der Waals surface area contributed by atoms with Gasteiger partial charge in [-0.15, -0.1) is 0 Å². The third-order valence-electron chi connectivity index (χ3n) is 4.93. The second-order valence-electron chi connectivity index (χ2n) is 6.98. The number of nitrogens with zero attached hydrogens (tertiary/aromatic N) is 2. The van der Waals surface area contributed by atoms with Gasteiger partial charge in [-0.3, -0.25) is 14.6 Å². The number of benzene rings is 2. The summed E-state index contributed by atoms with van der Waals surface area (Å²) < 4.78 is 5.77. The number of carbonyl (C=O) groups is 1. The van der Waals surface area contributed by atoms with Crippen LogP contribution in [-0.2, 0) is 4.79 Å². The van der Waals surface area contributed by atoms with E-state index in [1.54, 1.807) is 0 Å². The van der Waals surface area contributed by atoms with Crippen molar-refractivity contribution < 1.29 is 9.53 Å². The number of carbonyl (C=O) groups excluding carboxylic acids is 1. The van der Waals surface area contributed by atoms with Crippen molar-refractivity contribution in [3.63, 3.8) is 0 Å². The van der Waals surface area contributed by atoms with Crippen LogP contribution < -0.4 is 10.1 Å². The number of para-hydroxylation sites is 1. The first kappa shape index (κ1) is 19.4. The van der Waals surface area contributed by atoms with E-state index >= 15 is 0 Å². The Labute approximate surface area is 161 Å². The first-order valence-corrected chi connectivity index (χ1v) is 9.67. The molecule has 3 rings (SSSR count). The quantitative estimate of drug-likeness (QED) is 0.779. The molecule has 144 valence electrons. The smallest absolute Gasteiger partial charge is 0.234 e. The van der Waals surface area contributed by atoms with Crippen molar-refractivity contribution in [1.82, 2.24) is 15.1 Å². The van der Waals surface area contributed by atoms with Crippen LogP contribution in [0.25, 0.3) is 0 Å². The molecule has 5 heteroatoms. The predicted octanol–water partition coefficient (Wildman–Crippen LogP) is 2.56. The van der Waals surface area contributed by atoms with Crippen LogP contribution >= 0.6 is 0 Å². The lowest BCUT2D eigenvalue weighted by Crippen LogP contribution is -2.50. The van der Waals surface area contributed by atoms with Gasteiger partial charge in [0.05, 0.1) is 12.6 Å². The van der Waals surface area contributed by atoms with E-state index in [1.165, 1.54) is 0 Å². The molecule has 1 fully saturated rings. The van der Waals surface area contributed by atoms with Crippen LogP contribution in [0.4, 0.5) is 0 Å². The summed E-state index contributed by atoms with van der Waals surface area (Å²) in [7, 11) is 0. The van der Waals surface area contributed by atoms with Crippen molar-refractivity contribution >= 4 is 5.91 Å². The summed E-state index contributed by atoms with van der Waals surface area (Å²) in [5, 5.41) is 3.09. The highest BCUT2D eigenvalue weighted by molar-refractivity contribution is 5.78. The maximum absolute atomic E-state index is 12.3. The second kappa shape index (κ2) is 10.1. The van der Waals surface area contributed by atoms with Gasteiger partial charge in [0.2, 0.25) is 5.91 Å². The largest absolute Gasteiger partial charge is 0.492 e. The van der Waals surface area contributed by atoms with Crippen LogP contribution in [-0.4, -0.2) is 61.6 Å². The molecule has 27 heavy (non-hydrogen) atoms. The molecule has 2 aromatic carbocycles. The molecule has 0 aliphatic carbocycles. The van der Waals surface area contributed by atoms with Crippen molar-refractivity contribution in [2.75, 3.05) is 45.9 Å². The van der Waals surface area contributed by atoms with Crippen molar-refractivity contribution in [3.8, 4) is 5.75 Å². The Morgan fingerprint density at radius 1 is 0.963 bits per heavy atom. The minimum atomic E-state index is 0.0372. The van der Waals surface area contributed by atoms with Crippen LogP contribution in [0.3, 0.4) is 0 Å². The number of rotatable bonds is 8. The molecule has 0 spiro atoms. The van der Waals surface area contributed by atoms with Gasteiger partial charge in [-0.05, 0) is 24.6 Å². The number of ether oxygens (including phenoxy) is 1. The minimum Gasteiger partial charge on any atom is -0.492 e. The minimum absolute atomic E-state index is 0.0372. The molecular weight excluding hydrogens is 338 g/mol. The van der Waals surface area contributed by atoms with Gasteiger partial charge in [0, 0.05) is 32.7 Å². The molecule has 0 radical (unpaired) electrons. The standard InChI is InChI=1S/C22H29N3O2/c1-19(20-8-4-2-5-9-20)23-22(26)18-25-14-12-24(13-15-25)16-17-27-21-10-6-3-7-11-21/h2-11,19H,12-18H2,1H3,(H,23,26). The predicted molar refractivity (Wildman–Crippen MR) is 108 cm³/mol. The molecule has 1 atom stereocenters. The lowest BCUT2D eigenvalue weighted by Gasteiger charge is -2.34. The normalized spacial score (nSPS) is 16.6. The van der Waals surface area contributed by atoms with Crippen molar-refractivity contribution in [2.24, 2.45) is 0 Å². The number of nitrogens with one attached hydrogen (secondary N) is 1. The number of hydrogen-bond donors (Lipinski definition) is 1. The van der Waals surface area contributed by atoms with Gasteiger partial charge in [-0.2, -0.15) is 0 Å². The summed E-state index contributed by atoms with van der Waals surface area (Å²) in [6.45, 7) is 7.87. The van der Waals surface area contributed by atoms with E-state index < -0.39 is 0 Å². The average Bonchev–Trinajstić information content (AvgIpc) is 2.71. The Balaban J connectivity index is 1.32. The van der Waals surface area contributed by atoms with Crippen molar-refractivity contribution in [1.29, 1.82) is 0 Å². The summed E-state index contributed by atoms with van der Waals surface area (Å²) in [5.74, 6) is 1.01. The van der Waals surface area contributed by atoms with E-state index in [9.17, 15) is 4.79 Å². The highest BCUT2D eigenvalue weighted by Gasteiger charge is 2.19. The van der Waals surface area contributed by atoms with Crippen molar-refractivity contribution in [3.05, 3.63) is 66.2 Å². The maximum atomic E-state index is 12.3. The molecule has 1 saturated heterocycles. The summed E-state index contributed by atoms with van der Waals surface area (Å²) in [6, 6.07) is 20.0. The fourth-order valence-corrected chi connectivity index (χ4v) is 3.30. The maximum Gasteiger partial charge on any atom is 0.234 e. The van der Waals surface area contributed by atoms with Crippen LogP contribution in [0.15, 0.2) is 60.7 Å². The van der Waals surface area contributed by atoms with E-state index in [-0.39, 0.29) is 11.9 Å². The third kappa shape index (κ3) is 6.38. The monoisotopic (exact) mass is 367 g/mol. The molecule has 1 N–H and O–H groups in total. The summed E-state index contributed by atoms with van der Waals surface area (Å²) in [5.41, 5.74) is 1.13. The second-order valence-corrected chi connectivity index (χ2v) is 6.98. The van der Waals surface area contributed by atoms with E-state index in [4.69, 9.17) is 4.74 Å². The summed E-state index contributed by atoms with van der Waals surface area (Å²) >= 11 is 0. The zero-order chi connectivity index (χ0) is 18.9. The highest BCUT2D eigenvalue weighted by Crippen LogP contribution is 2.11. The third-order valence-corrected chi connectivity index (χ3v) is 4.93. The Morgan fingerprint density at radius 3 is 2.22 bits per heavy atom. The average molecular weight is 367 g/mol. The van der Waals surface area contributed by atoms with E-state index in [0.717, 1.165) is 44.0 Å².